The summed E-state index contributed by atoms with van der Waals surface area (Å²) in [5.41, 5.74) is 0.517. The molecule has 1 fully saturated rings. The molecule has 0 aromatic heterocycles. The van der Waals surface area contributed by atoms with Crippen LogP contribution in [0.1, 0.15) is 47.0 Å². The molecule has 1 saturated carbocycles. The molecular weight excluding hydrogens is 228 g/mol. The maximum atomic E-state index is 6.30. The first-order valence-electron chi connectivity index (χ1n) is 7.07. The Balaban J connectivity index is 2.34. The van der Waals surface area contributed by atoms with Crippen molar-refractivity contribution in [3.63, 3.8) is 0 Å². The Morgan fingerprint density at radius 2 is 1.94 bits per heavy atom. The van der Waals surface area contributed by atoms with E-state index in [0.717, 1.165) is 19.1 Å². The molecule has 2 atom stereocenters. The summed E-state index contributed by atoms with van der Waals surface area (Å²) in [6.07, 6.45) is 8.73. The third kappa shape index (κ3) is 1.92. The summed E-state index contributed by atoms with van der Waals surface area (Å²) in [7, 11) is -2.14. The van der Waals surface area contributed by atoms with Crippen LogP contribution in [-0.2, 0) is 8.85 Å². The van der Waals surface area contributed by atoms with E-state index in [2.05, 4.69) is 39.8 Å². The summed E-state index contributed by atoms with van der Waals surface area (Å²) in [5.74, 6) is 0.793. The Morgan fingerprint density at radius 1 is 1.29 bits per heavy atom. The van der Waals surface area contributed by atoms with Crippen LogP contribution in [-0.4, -0.2) is 21.8 Å². The second kappa shape index (κ2) is 4.86. The molecule has 0 saturated heterocycles. The minimum absolute atomic E-state index is 0.262. The van der Waals surface area contributed by atoms with Gasteiger partial charge < -0.3 is 8.85 Å². The van der Waals surface area contributed by atoms with Crippen LogP contribution in [0.25, 0.3) is 0 Å². The van der Waals surface area contributed by atoms with Gasteiger partial charge in [-0.05, 0) is 44.6 Å². The monoisotopic (exact) mass is 254 g/mol. The first-order valence-corrected chi connectivity index (χ1v) is 8.97. The Bertz CT molecular complexity index is 295. The van der Waals surface area contributed by atoms with Gasteiger partial charge in [-0.15, -0.1) is 0 Å². The lowest BCUT2D eigenvalue weighted by molar-refractivity contribution is 0.153. The fourth-order valence-electron chi connectivity index (χ4n) is 3.85. The summed E-state index contributed by atoms with van der Waals surface area (Å²) in [4.78, 5) is 0. The Hall–Kier alpha value is -0.123. The van der Waals surface area contributed by atoms with Gasteiger partial charge in [-0.2, -0.15) is 0 Å². The summed E-state index contributed by atoms with van der Waals surface area (Å²) >= 11 is 0. The molecule has 0 spiro atoms. The quantitative estimate of drug-likeness (QED) is 0.526. The lowest BCUT2D eigenvalue weighted by Crippen LogP contribution is -2.54. The molecule has 0 aromatic rings. The fraction of sp³-hybridized carbons (Fsp3) is 0.857. The van der Waals surface area contributed by atoms with Crippen LogP contribution in [0.2, 0.25) is 10.6 Å². The molecule has 0 aliphatic heterocycles. The summed E-state index contributed by atoms with van der Waals surface area (Å²) in [6.45, 7) is 10.3. The van der Waals surface area contributed by atoms with Crippen LogP contribution in [0.3, 0.4) is 0 Å². The van der Waals surface area contributed by atoms with Crippen molar-refractivity contribution in [3.05, 3.63) is 12.2 Å². The minimum atomic E-state index is -2.14. The van der Waals surface area contributed by atoms with Crippen molar-refractivity contribution in [2.75, 3.05) is 13.2 Å². The highest BCUT2D eigenvalue weighted by Crippen LogP contribution is 2.63. The first kappa shape index (κ1) is 13.3. The summed E-state index contributed by atoms with van der Waals surface area (Å²) in [6, 6.07) is 0. The fourth-order valence-corrected chi connectivity index (χ4v) is 8.55. The van der Waals surface area contributed by atoms with E-state index in [-0.39, 0.29) is 5.04 Å². The van der Waals surface area contributed by atoms with Crippen LogP contribution in [0.15, 0.2) is 12.2 Å². The molecule has 0 aromatic carbocycles. The van der Waals surface area contributed by atoms with Crippen molar-refractivity contribution in [2.24, 2.45) is 5.92 Å². The second-order valence-electron chi connectivity index (χ2n) is 5.71. The van der Waals surface area contributed by atoms with Gasteiger partial charge >= 0.3 is 8.56 Å². The Kier molecular flexibility index (Phi) is 3.81. The predicted octanol–water partition coefficient (Wildman–Crippen LogP) is 4.02. The van der Waals surface area contributed by atoms with Gasteiger partial charge in [0.15, 0.2) is 0 Å². The van der Waals surface area contributed by atoms with E-state index in [0.29, 0.717) is 5.54 Å². The van der Waals surface area contributed by atoms with Crippen LogP contribution in [0.5, 0.6) is 0 Å². The highest BCUT2D eigenvalue weighted by molar-refractivity contribution is 6.73. The van der Waals surface area contributed by atoms with Crippen molar-refractivity contribution >= 4 is 8.56 Å². The molecule has 3 heteroatoms. The maximum Gasteiger partial charge on any atom is 0.351 e. The SMILES string of the molecule is CCO[Si](OCC)(C(C)C)C12C=CC(CC1)C2. The zero-order valence-electron chi connectivity index (χ0n) is 11.7. The molecule has 2 unspecified atom stereocenters. The molecule has 2 aliphatic carbocycles. The topological polar surface area (TPSA) is 18.5 Å². The van der Waals surface area contributed by atoms with E-state index in [1.165, 1.54) is 19.3 Å². The van der Waals surface area contributed by atoms with E-state index in [1.807, 2.05) is 0 Å². The van der Waals surface area contributed by atoms with Gasteiger partial charge in [-0.25, -0.2) is 0 Å². The lowest BCUT2D eigenvalue weighted by Gasteiger charge is -2.45. The van der Waals surface area contributed by atoms with Gasteiger partial charge in [0, 0.05) is 18.3 Å². The minimum Gasteiger partial charge on any atom is -0.394 e. The standard InChI is InChI=1S/C14H26O2Si/c1-5-15-17(12(3)4,16-6-2)14-9-7-13(11-14)8-10-14/h7,9,12-13H,5-6,8,10-11H2,1-4H3. The molecule has 0 heterocycles. The molecule has 0 N–H and O–H groups in total. The molecule has 2 bridgehead atoms. The number of fused-ring (bicyclic) bond motifs is 2. The lowest BCUT2D eigenvalue weighted by atomic mass is 10.1. The van der Waals surface area contributed by atoms with Crippen molar-refractivity contribution in [3.8, 4) is 0 Å². The molecule has 0 radical (unpaired) electrons. The Morgan fingerprint density at radius 3 is 2.24 bits per heavy atom. The van der Waals surface area contributed by atoms with Gasteiger partial charge in [0.1, 0.15) is 0 Å². The third-order valence-electron chi connectivity index (χ3n) is 4.45. The number of rotatable bonds is 6. The molecule has 0 amide bonds. The van der Waals surface area contributed by atoms with E-state index in [1.54, 1.807) is 0 Å². The molecule has 2 aliphatic rings. The van der Waals surface area contributed by atoms with Gasteiger partial charge in [-0.1, -0.05) is 26.0 Å². The largest absolute Gasteiger partial charge is 0.394 e. The molecule has 17 heavy (non-hydrogen) atoms. The third-order valence-corrected chi connectivity index (χ3v) is 9.41. The number of hydrogen-bond donors (Lipinski definition) is 0. The van der Waals surface area contributed by atoms with E-state index in [4.69, 9.17) is 8.85 Å². The van der Waals surface area contributed by atoms with Crippen LogP contribution < -0.4 is 0 Å². The highest BCUT2D eigenvalue weighted by Gasteiger charge is 2.62. The molecule has 2 nitrogen and oxygen atoms in total. The first-order chi connectivity index (χ1) is 8.10. The summed E-state index contributed by atoms with van der Waals surface area (Å²) in [5, 5.41) is 0.262. The maximum absolute atomic E-state index is 6.30. The van der Waals surface area contributed by atoms with Crippen LogP contribution >= 0.6 is 0 Å². The average Bonchev–Trinajstić information content (AvgIpc) is 2.89. The van der Waals surface area contributed by atoms with Crippen LogP contribution in [0.4, 0.5) is 0 Å². The van der Waals surface area contributed by atoms with E-state index >= 15 is 0 Å². The molecular formula is C14H26O2Si. The van der Waals surface area contributed by atoms with Gasteiger partial charge in [0.05, 0.1) is 0 Å². The van der Waals surface area contributed by atoms with Gasteiger partial charge in [-0.3, -0.25) is 0 Å². The Labute approximate surface area is 107 Å². The predicted molar refractivity (Wildman–Crippen MR) is 73.3 cm³/mol. The second-order valence-corrected chi connectivity index (χ2v) is 9.77. The average molecular weight is 254 g/mol. The smallest absolute Gasteiger partial charge is 0.351 e. The van der Waals surface area contributed by atoms with E-state index in [9.17, 15) is 0 Å². The van der Waals surface area contributed by atoms with E-state index < -0.39 is 8.56 Å². The normalized spacial score (nSPS) is 31.7. The van der Waals surface area contributed by atoms with Crippen molar-refractivity contribution in [1.82, 2.24) is 0 Å². The molecule has 98 valence electrons. The van der Waals surface area contributed by atoms with Gasteiger partial charge in [0.25, 0.3) is 0 Å². The zero-order valence-corrected chi connectivity index (χ0v) is 12.7. The van der Waals surface area contributed by atoms with Crippen LogP contribution in [0, 0.1) is 5.92 Å². The number of allylic oxidation sites excluding steroid dienone is 2. The van der Waals surface area contributed by atoms with Gasteiger partial charge in [0.2, 0.25) is 0 Å². The number of hydrogen-bond acceptors (Lipinski definition) is 2. The highest BCUT2D eigenvalue weighted by atomic mass is 28.4. The van der Waals surface area contributed by atoms with Crippen molar-refractivity contribution in [1.29, 1.82) is 0 Å². The zero-order chi connectivity index (χ0) is 12.5. The molecule has 2 rings (SSSR count). The summed E-state index contributed by atoms with van der Waals surface area (Å²) < 4.78 is 12.6. The van der Waals surface area contributed by atoms with Crippen molar-refractivity contribution in [2.45, 2.75) is 57.5 Å². The van der Waals surface area contributed by atoms with Crippen molar-refractivity contribution < 1.29 is 8.85 Å².